The number of carboxylic acids is 1. The zero-order valence-electron chi connectivity index (χ0n) is 10.0. The van der Waals surface area contributed by atoms with Gasteiger partial charge in [0.1, 0.15) is 0 Å². The van der Waals surface area contributed by atoms with E-state index in [-0.39, 0.29) is 29.4 Å². The van der Waals surface area contributed by atoms with Gasteiger partial charge in [-0.3, -0.25) is 4.72 Å². The van der Waals surface area contributed by atoms with Gasteiger partial charge in [0.25, 0.3) is 10.2 Å². The number of carbonyl (C=O) groups is 1. The van der Waals surface area contributed by atoms with Gasteiger partial charge in [0.15, 0.2) is 0 Å². The van der Waals surface area contributed by atoms with Gasteiger partial charge in [-0.05, 0) is 18.2 Å². The number of halogens is 1. The quantitative estimate of drug-likeness (QED) is 0.650. The van der Waals surface area contributed by atoms with Crippen molar-refractivity contribution in [3.05, 3.63) is 28.8 Å². The van der Waals surface area contributed by atoms with Gasteiger partial charge in [-0.15, -0.1) is 0 Å². The van der Waals surface area contributed by atoms with Gasteiger partial charge in [-0.2, -0.15) is 13.1 Å². The van der Waals surface area contributed by atoms with Crippen LogP contribution in [0.1, 0.15) is 10.4 Å². The van der Waals surface area contributed by atoms with Gasteiger partial charge >= 0.3 is 5.97 Å². The molecule has 0 saturated heterocycles. The number of rotatable bonds is 7. The summed E-state index contributed by atoms with van der Waals surface area (Å²) in [6, 6.07) is 3.75. The summed E-state index contributed by atoms with van der Waals surface area (Å²) in [5.74, 6) is -1.18. The first-order valence-electron chi connectivity index (χ1n) is 5.15. The molecule has 0 unspecified atom stereocenters. The minimum absolute atomic E-state index is 0.0513. The second-order valence-corrected chi connectivity index (χ2v) is 5.40. The highest BCUT2D eigenvalue weighted by molar-refractivity contribution is 7.90. The van der Waals surface area contributed by atoms with Crippen LogP contribution < -0.4 is 9.44 Å². The maximum Gasteiger partial charge on any atom is 0.337 e. The Morgan fingerprint density at radius 3 is 2.68 bits per heavy atom. The van der Waals surface area contributed by atoms with Crippen LogP contribution in [0.15, 0.2) is 18.2 Å². The van der Waals surface area contributed by atoms with Crippen molar-refractivity contribution in [1.29, 1.82) is 0 Å². The van der Waals surface area contributed by atoms with Crippen LogP contribution in [0.5, 0.6) is 0 Å². The largest absolute Gasteiger partial charge is 0.478 e. The van der Waals surface area contributed by atoms with Crippen molar-refractivity contribution in [2.75, 3.05) is 25.0 Å². The third-order valence-corrected chi connectivity index (χ3v) is 3.45. The Morgan fingerprint density at radius 1 is 1.47 bits per heavy atom. The molecule has 0 amide bonds. The van der Waals surface area contributed by atoms with Crippen molar-refractivity contribution >= 4 is 33.5 Å². The summed E-state index contributed by atoms with van der Waals surface area (Å²) < 4.78 is 32.3. The Hall–Kier alpha value is -1.35. The number of methoxy groups -OCH3 is 1. The number of ether oxygens (including phenoxy) is 1. The van der Waals surface area contributed by atoms with Gasteiger partial charge in [0, 0.05) is 13.7 Å². The zero-order chi connectivity index (χ0) is 14.5. The topological polar surface area (TPSA) is 105 Å². The fourth-order valence-electron chi connectivity index (χ4n) is 1.22. The Morgan fingerprint density at radius 2 is 2.16 bits per heavy atom. The molecule has 106 valence electrons. The molecule has 0 radical (unpaired) electrons. The summed E-state index contributed by atoms with van der Waals surface area (Å²) in [6.45, 7) is 0.354. The number of carboxylic acid groups (broad SMARTS) is 1. The lowest BCUT2D eigenvalue weighted by atomic mass is 10.2. The van der Waals surface area contributed by atoms with E-state index in [4.69, 9.17) is 21.4 Å². The summed E-state index contributed by atoms with van der Waals surface area (Å²) in [5, 5.41) is 8.73. The second-order valence-electron chi connectivity index (χ2n) is 3.49. The van der Waals surface area contributed by atoms with Crippen molar-refractivity contribution in [1.82, 2.24) is 4.72 Å². The predicted octanol–water partition coefficient (Wildman–Crippen LogP) is 0.931. The molecule has 0 aliphatic rings. The van der Waals surface area contributed by atoms with E-state index < -0.39 is 16.2 Å². The SMILES string of the molecule is COCCNS(=O)(=O)Nc1ccc(C(=O)O)c(Cl)c1. The van der Waals surface area contributed by atoms with Crippen LogP contribution in [-0.2, 0) is 14.9 Å². The van der Waals surface area contributed by atoms with E-state index in [1.54, 1.807) is 0 Å². The number of anilines is 1. The summed E-state index contributed by atoms with van der Waals surface area (Å²) in [7, 11) is -2.29. The van der Waals surface area contributed by atoms with Crippen LogP contribution in [0.2, 0.25) is 5.02 Å². The van der Waals surface area contributed by atoms with Crippen LogP contribution in [-0.4, -0.2) is 39.8 Å². The molecular formula is C10H13ClN2O5S. The number of nitrogens with one attached hydrogen (secondary N) is 2. The molecular weight excluding hydrogens is 296 g/mol. The minimum atomic E-state index is -3.74. The normalized spacial score (nSPS) is 11.3. The maximum atomic E-state index is 11.6. The van der Waals surface area contributed by atoms with Gasteiger partial charge in [-0.25, -0.2) is 4.79 Å². The van der Waals surface area contributed by atoms with E-state index in [2.05, 4.69) is 9.44 Å². The molecule has 3 N–H and O–H groups in total. The molecule has 1 aromatic carbocycles. The number of benzene rings is 1. The van der Waals surface area contributed by atoms with Gasteiger partial charge in [0.2, 0.25) is 0 Å². The minimum Gasteiger partial charge on any atom is -0.478 e. The Labute approximate surface area is 115 Å². The third kappa shape index (κ3) is 5.03. The standard InChI is InChI=1S/C10H13ClN2O5S/c1-18-5-4-12-19(16,17)13-7-2-3-8(10(14)15)9(11)6-7/h2-3,6,12-13H,4-5H2,1H3,(H,14,15). The van der Waals surface area contributed by atoms with E-state index in [0.717, 1.165) is 0 Å². The molecule has 0 aromatic heterocycles. The monoisotopic (exact) mass is 308 g/mol. The number of aromatic carboxylic acids is 1. The molecule has 19 heavy (non-hydrogen) atoms. The van der Waals surface area contributed by atoms with Crippen LogP contribution in [0.3, 0.4) is 0 Å². The zero-order valence-corrected chi connectivity index (χ0v) is 11.6. The summed E-state index contributed by atoms with van der Waals surface area (Å²) in [4.78, 5) is 10.7. The predicted molar refractivity (Wildman–Crippen MR) is 70.8 cm³/mol. The van der Waals surface area contributed by atoms with E-state index in [1.165, 1.54) is 25.3 Å². The molecule has 0 heterocycles. The van der Waals surface area contributed by atoms with Crippen LogP contribution in [0, 0.1) is 0 Å². The summed E-state index contributed by atoms with van der Waals surface area (Å²) in [5.41, 5.74) is 0.0665. The second kappa shape index (κ2) is 6.71. The smallest absolute Gasteiger partial charge is 0.337 e. The summed E-state index contributed by atoms with van der Waals surface area (Å²) in [6.07, 6.45) is 0. The molecule has 9 heteroatoms. The fourth-order valence-corrected chi connectivity index (χ4v) is 2.34. The fraction of sp³-hybridized carbons (Fsp3) is 0.300. The first-order valence-corrected chi connectivity index (χ1v) is 7.01. The lowest BCUT2D eigenvalue weighted by molar-refractivity contribution is 0.0697. The first-order chi connectivity index (χ1) is 8.85. The van der Waals surface area contributed by atoms with Crippen molar-refractivity contribution < 1.29 is 23.1 Å². The van der Waals surface area contributed by atoms with E-state index in [1.807, 2.05) is 0 Å². The summed E-state index contributed by atoms with van der Waals surface area (Å²) >= 11 is 5.72. The van der Waals surface area contributed by atoms with Crippen molar-refractivity contribution in [3.8, 4) is 0 Å². The molecule has 0 atom stereocenters. The molecule has 0 fully saturated rings. The Kier molecular flexibility index (Phi) is 5.55. The molecule has 1 rings (SSSR count). The van der Waals surface area contributed by atoms with Crippen LogP contribution in [0.4, 0.5) is 5.69 Å². The molecule has 7 nitrogen and oxygen atoms in total. The number of hydrogen-bond acceptors (Lipinski definition) is 4. The highest BCUT2D eigenvalue weighted by Crippen LogP contribution is 2.21. The van der Waals surface area contributed by atoms with Crippen LogP contribution in [0.25, 0.3) is 0 Å². The molecule has 0 saturated carbocycles. The Balaban J connectivity index is 2.77. The average Bonchev–Trinajstić information content (AvgIpc) is 2.28. The van der Waals surface area contributed by atoms with Crippen molar-refractivity contribution in [2.24, 2.45) is 0 Å². The number of hydrogen-bond donors (Lipinski definition) is 3. The lowest BCUT2D eigenvalue weighted by Gasteiger charge is -2.09. The van der Waals surface area contributed by atoms with Gasteiger partial charge in [-0.1, -0.05) is 11.6 Å². The van der Waals surface area contributed by atoms with Gasteiger partial charge < -0.3 is 9.84 Å². The third-order valence-electron chi connectivity index (χ3n) is 2.05. The highest BCUT2D eigenvalue weighted by Gasteiger charge is 2.12. The van der Waals surface area contributed by atoms with E-state index in [9.17, 15) is 13.2 Å². The molecule has 1 aromatic rings. The van der Waals surface area contributed by atoms with Crippen molar-refractivity contribution in [2.45, 2.75) is 0 Å². The molecule has 0 aliphatic carbocycles. The first kappa shape index (κ1) is 15.7. The molecule has 0 spiro atoms. The van der Waals surface area contributed by atoms with Crippen LogP contribution >= 0.6 is 11.6 Å². The molecule has 0 aliphatic heterocycles. The molecule has 0 bridgehead atoms. The maximum absolute atomic E-state index is 11.6. The highest BCUT2D eigenvalue weighted by atomic mass is 35.5. The van der Waals surface area contributed by atoms with E-state index in [0.29, 0.717) is 0 Å². The van der Waals surface area contributed by atoms with Gasteiger partial charge in [0.05, 0.1) is 22.9 Å². The Bertz CT molecular complexity index is 561. The average molecular weight is 309 g/mol. The van der Waals surface area contributed by atoms with E-state index >= 15 is 0 Å². The van der Waals surface area contributed by atoms with Crippen molar-refractivity contribution in [3.63, 3.8) is 0 Å². The lowest BCUT2D eigenvalue weighted by Crippen LogP contribution is -2.32.